The lowest BCUT2D eigenvalue weighted by atomic mass is 10.1. The van der Waals surface area contributed by atoms with Crippen LogP contribution in [0.2, 0.25) is 10.0 Å². The van der Waals surface area contributed by atoms with Gasteiger partial charge in [-0.2, -0.15) is 0 Å². The molecule has 1 rings (SSSR count). The van der Waals surface area contributed by atoms with Crippen LogP contribution in [0.3, 0.4) is 0 Å². The third kappa shape index (κ3) is 5.85. The van der Waals surface area contributed by atoms with E-state index in [-0.39, 0.29) is 0 Å². The molecule has 4 heteroatoms. The summed E-state index contributed by atoms with van der Waals surface area (Å²) in [5.74, 6) is 0. The maximum atomic E-state index is 6.10. The Hall–Kier alpha value is 0.110. The number of thioether (sulfide) groups is 1. The standard InChI is InChI=1S/C16H25Cl2NS/c1-4-7-15(19-10-5-2)16(6-3)20-12-8-9-13(17)14(18)11-12/h8-9,11,15-16,19H,4-7,10H2,1-3H3. The molecule has 0 aliphatic rings. The van der Waals surface area contributed by atoms with Crippen molar-refractivity contribution in [1.82, 2.24) is 5.32 Å². The molecule has 1 N–H and O–H groups in total. The van der Waals surface area contributed by atoms with E-state index in [1.54, 1.807) is 0 Å². The van der Waals surface area contributed by atoms with Gasteiger partial charge < -0.3 is 5.32 Å². The zero-order valence-corrected chi connectivity index (χ0v) is 14.9. The van der Waals surface area contributed by atoms with Gasteiger partial charge in [0.1, 0.15) is 0 Å². The molecule has 20 heavy (non-hydrogen) atoms. The molecule has 0 saturated carbocycles. The number of hydrogen-bond donors (Lipinski definition) is 1. The van der Waals surface area contributed by atoms with Crippen LogP contribution in [-0.4, -0.2) is 17.8 Å². The largest absolute Gasteiger partial charge is 0.313 e. The van der Waals surface area contributed by atoms with Crippen molar-refractivity contribution in [3.05, 3.63) is 28.2 Å². The highest BCUT2D eigenvalue weighted by Crippen LogP contribution is 2.33. The van der Waals surface area contributed by atoms with Gasteiger partial charge in [-0.15, -0.1) is 11.8 Å². The maximum absolute atomic E-state index is 6.10. The van der Waals surface area contributed by atoms with Gasteiger partial charge in [0.15, 0.2) is 0 Å². The predicted molar refractivity (Wildman–Crippen MR) is 93.4 cm³/mol. The van der Waals surface area contributed by atoms with Gasteiger partial charge in [-0.1, -0.05) is 50.4 Å². The van der Waals surface area contributed by atoms with Crippen molar-refractivity contribution in [2.24, 2.45) is 0 Å². The SMILES string of the molecule is CCCNC(CCC)C(CC)Sc1ccc(Cl)c(Cl)c1. The Kier molecular flexibility index (Phi) is 9.03. The summed E-state index contributed by atoms with van der Waals surface area (Å²) in [5, 5.41) is 5.52. The molecule has 0 fully saturated rings. The molecule has 0 aliphatic heterocycles. The number of benzene rings is 1. The van der Waals surface area contributed by atoms with Gasteiger partial charge in [0.05, 0.1) is 10.0 Å². The zero-order valence-electron chi connectivity index (χ0n) is 12.6. The van der Waals surface area contributed by atoms with E-state index >= 15 is 0 Å². The molecular weight excluding hydrogens is 309 g/mol. The molecule has 0 spiro atoms. The number of rotatable bonds is 9. The van der Waals surface area contributed by atoms with Crippen molar-refractivity contribution in [2.45, 2.75) is 62.6 Å². The summed E-state index contributed by atoms with van der Waals surface area (Å²) in [5.41, 5.74) is 0. The molecule has 2 atom stereocenters. The monoisotopic (exact) mass is 333 g/mol. The molecule has 1 aromatic rings. The van der Waals surface area contributed by atoms with E-state index in [4.69, 9.17) is 23.2 Å². The Morgan fingerprint density at radius 2 is 1.85 bits per heavy atom. The third-order valence-corrected chi connectivity index (χ3v) is 5.52. The van der Waals surface area contributed by atoms with Gasteiger partial charge in [0.25, 0.3) is 0 Å². The molecule has 114 valence electrons. The minimum Gasteiger partial charge on any atom is -0.313 e. The summed E-state index contributed by atoms with van der Waals surface area (Å²) in [7, 11) is 0. The van der Waals surface area contributed by atoms with Crippen LogP contribution < -0.4 is 5.32 Å². The highest BCUT2D eigenvalue weighted by Gasteiger charge is 2.20. The van der Waals surface area contributed by atoms with Crippen LogP contribution in [0.5, 0.6) is 0 Å². The quantitative estimate of drug-likeness (QED) is 0.553. The van der Waals surface area contributed by atoms with Crippen molar-refractivity contribution < 1.29 is 0 Å². The first-order valence-corrected chi connectivity index (χ1v) is 9.10. The van der Waals surface area contributed by atoms with Crippen LogP contribution in [0, 0.1) is 0 Å². The summed E-state index contributed by atoms with van der Waals surface area (Å²) in [6, 6.07) is 6.47. The molecule has 0 aliphatic carbocycles. The maximum Gasteiger partial charge on any atom is 0.0603 e. The fraction of sp³-hybridized carbons (Fsp3) is 0.625. The van der Waals surface area contributed by atoms with Gasteiger partial charge in [-0.05, 0) is 44.0 Å². The van der Waals surface area contributed by atoms with Crippen molar-refractivity contribution in [3.8, 4) is 0 Å². The molecule has 0 saturated heterocycles. The lowest BCUT2D eigenvalue weighted by Crippen LogP contribution is -2.38. The Morgan fingerprint density at radius 1 is 1.10 bits per heavy atom. The second kappa shape index (κ2) is 9.94. The topological polar surface area (TPSA) is 12.0 Å². The number of halogens is 2. The van der Waals surface area contributed by atoms with Crippen molar-refractivity contribution in [1.29, 1.82) is 0 Å². The average Bonchev–Trinajstić information content (AvgIpc) is 2.45. The highest BCUT2D eigenvalue weighted by molar-refractivity contribution is 8.00. The Labute approximate surface area is 137 Å². The summed E-state index contributed by atoms with van der Waals surface area (Å²) < 4.78 is 0. The van der Waals surface area contributed by atoms with Crippen LogP contribution in [0.4, 0.5) is 0 Å². The highest BCUT2D eigenvalue weighted by atomic mass is 35.5. The molecular formula is C16H25Cl2NS. The van der Waals surface area contributed by atoms with Gasteiger partial charge in [0.2, 0.25) is 0 Å². The summed E-state index contributed by atoms with van der Waals surface area (Å²) in [6.45, 7) is 7.80. The van der Waals surface area contributed by atoms with E-state index in [1.807, 2.05) is 23.9 Å². The molecule has 2 unspecified atom stereocenters. The van der Waals surface area contributed by atoms with Crippen LogP contribution in [0.1, 0.15) is 46.5 Å². The van der Waals surface area contributed by atoms with Gasteiger partial charge in [-0.25, -0.2) is 0 Å². The third-order valence-electron chi connectivity index (χ3n) is 3.29. The summed E-state index contributed by atoms with van der Waals surface area (Å²) in [6.07, 6.45) is 4.74. The smallest absolute Gasteiger partial charge is 0.0603 e. The van der Waals surface area contributed by atoms with Crippen LogP contribution in [0.25, 0.3) is 0 Å². The molecule has 0 heterocycles. The first kappa shape index (κ1) is 18.2. The van der Waals surface area contributed by atoms with Crippen LogP contribution in [0.15, 0.2) is 23.1 Å². The Bertz CT molecular complexity index is 398. The molecule has 0 radical (unpaired) electrons. The van der Waals surface area contributed by atoms with E-state index in [9.17, 15) is 0 Å². The Morgan fingerprint density at radius 3 is 2.40 bits per heavy atom. The lowest BCUT2D eigenvalue weighted by Gasteiger charge is -2.27. The van der Waals surface area contributed by atoms with Crippen LogP contribution in [-0.2, 0) is 0 Å². The summed E-state index contributed by atoms with van der Waals surface area (Å²) >= 11 is 14.0. The molecule has 0 amide bonds. The Balaban J connectivity index is 2.73. The van der Waals surface area contributed by atoms with E-state index in [1.165, 1.54) is 24.2 Å². The van der Waals surface area contributed by atoms with Crippen molar-refractivity contribution >= 4 is 35.0 Å². The van der Waals surface area contributed by atoms with E-state index in [0.717, 1.165) is 13.0 Å². The minimum absolute atomic E-state index is 0.560. The average molecular weight is 334 g/mol. The fourth-order valence-corrected chi connectivity index (χ4v) is 3.84. The number of nitrogens with one attached hydrogen (secondary N) is 1. The van der Waals surface area contributed by atoms with E-state index in [0.29, 0.717) is 21.3 Å². The lowest BCUT2D eigenvalue weighted by molar-refractivity contribution is 0.454. The molecule has 0 aromatic heterocycles. The molecule has 0 bridgehead atoms. The van der Waals surface area contributed by atoms with Crippen LogP contribution >= 0.6 is 35.0 Å². The second-order valence-electron chi connectivity index (χ2n) is 4.99. The van der Waals surface area contributed by atoms with Gasteiger partial charge in [0, 0.05) is 16.2 Å². The number of hydrogen-bond acceptors (Lipinski definition) is 2. The van der Waals surface area contributed by atoms with Gasteiger partial charge >= 0.3 is 0 Å². The fourth-order valence-electron chi connectivity index (χ4n) is 2.24. The second-order valence-corrected chi connectivity index (χ2v) is 7.12. The molecule has 1 nitrogen and oxygen atoms in total. The van der Waals surface area contributed by atoms with Gasteiger partial charge in [-0.3, -0.25) is 0 Å². The van der Waals surface area contributed by atoms with Crippen molar-refractivity contribution in [2.75, 3.05) is 6.54 Å². The normalized spacial score (nSPS) is 14.2. The first-order valence-electron chi connectivity index (χ1n) is 7.47. The first-order chi connectivity index (χ1) is 9.62. The van der Waals surface area contributed by atoms with Crippen molar-refractivity contribution in [3.63, 3.8) is 0 Å². The summed E-state index contributed by atoms with van der Waals surface area (Å²) in [4.78, 5) is 1.20. The predicted octanol–water partition coefficient (Wildman–Crippen LogP) is 6.03. The zero-order chi connectivity index (χ0) is 15.0. The molecule has 1 aromatic carbocycles. The van der Waals surface area contributed by atoms with E-state index < -0.39 is 0 Å². The van der Waals surface area contributed by atoms with E-state index in [2.05, 4.69) is 32.2 Å². The minimum atomic E-state index is 0.560.